The Bertz CT molecular complexity index is 491. The molecule has 1 aliphatic rings. The maximum absolute atomic E-state index is 11.5. The summed E-state index contributed by atoms with van der Waals surface area (Å²) in [6.07, 6.45) is 2.09. The molecule has 1 fully saturated rings. The van der Waals surface area contributed by atoms with Gasteiger partial charge < -0.3 is 10.2 Å². The van der Waals surface area contributed by atoms with Crippen molar-refractivity contribution in [3.63, 3.8) is 0 Å². The molecule has 0 bridgehead atoms. The Balaban J connectivity index is 2.02. The minimum Gasteiger partial charge on any atom is -0.343 e. The van der Waals surface area contributed by atoms with Crippen molar-refractivity contribution in [2.75, 3.05) is 13.1 Å². The first-order valence-electron chi connectivity index (χ1n) is 7.79. The molecule has 1 aromatic carbocycles. The monoisotopic (exact) mass is 308 g/mol. The first-order chi connectivity index (χ1) is 10.0. The van der Waals surface area contributed by atoms with Crippen molar-refractivity contribution in [3.8, 4) is 0 Å². The predicted molar refractivity (Wildman–Crippen MR) is 87.4 cm³/mol. The summed E-state index contributed by atoms with van der Waals surface area (Å²) in [5, 5.41) is 4.53. The average Bonchev–Trinajstić information content (AvgIpc) is 2.47. The minimum atomic E-state index is 0.186. The normalized spacial score (nSPS) is 23.9. The summed E-state index contributed by atoms with van der Waals surface area (Å²) in [6.45, 7) is 7.72. The zero-order valence-corrected chi connectivity index (χ0v) is 13.9. The third-order valence-electron chi connectivity index (χ3n) is 4.54. The highest BCUT2D eigenvalue weighted by atomic mass is 35.5. The van der Waals surface area contributed by atoms with Gasteiger partial charge >= 0.3 is 0 Å². The van der Waals surface area contributed by atoms with Crippen molar-refractivity contribution in [3.05, 3.63) is 34.9 Å². The lowest BCUT2D eigenvalue weighted by molar-refractivity contribution is -0.131. The van der Waals surface area contributed by atoms with E-state index in [0.29, 0.717) is 12.0 Å². The quantitative estimate of drug-likeness (QED) is 0.921. The molecule has 0 unspecified atom stereocenters. The number of carbonyl (C=O) groups excluding carboxylic acids is 1. The number of hydrogen-bond donors (Lipinski definition) is 1. The third kappa shape index (κ3) is 3.98. The Hall–Kier alpha value is -1.06. The molecule has 21 heavy (non-hydrogen) atoms. The van der Waals surface area contributed by atoms with E-state index < -0.39 is 0 Å². The van der Waals surface area contributed by atoms with Gasteiger partial charge in [-0.3, -0.25) is 4.79 Å². The maximum atomic E-state index is 11.5. The topological polar surface area (TPSA) is 32.3 Å². The fourth-order valence-corrected chi connectivity index (χ4v) is 3.49. The molecule has 0 saturated carbocycles. The lowest BCUT2D eigenvalue weighted by Gasteiger charge is -2.39. The van der Waals surface area contributed by atoms with Gasteiger partial charge in [0.05, 0.1) is 0 Å². The number of likely N-dealkylation sites (tertiary alicyclic amines) is 1. The van der Waals surface area contributed by atoms with Crippen LogP contribution in [0.5, 0.6) is 0 Å². The van der Waals surface area contributed by atoms with Crippen LogP contribution in [0.3, 0.4) is 0 Å². The zero-order valence-electron chi connectivity index (χ0n) is 13.1. The first kappa shape index (κ1) is 16.3. The van der Waals surface area contributed by atoms with E-state index in [2.05, 4.69) is 25.2 Å². The molecule has 116 valence electrons. The molecular formula is C17H25ClN2O. The highest BCUT2D eigenvalue weighted by Gasteiger charge is 2.30. The summed E-state index contributed by atoms with van der Waals surface area (Å²) < 4.78 is 0. The van der Waals surface area contributed by atoms with Crippen LogP contribution in [-0.4, -0.2) is 29.9 Å². The lowest BCUT2D eigenvalue weighted by Crippen LogP contribution is -2.50. The molecule has 0 aliphatic carbocycles. The molecule has 3 atom stereocenters. The smallest absolute Gasteiger partial charge is 0.219 e. The molecule has 2 rings (SSSR count). The Morgan fingerprint density at radius 2 is 2.19 bits per heavy atom. The molecule has 1 heterocycles. The molecule has 0 spiro atoms. The molecule has 1 aliphatic heterocycles. The van der Waals surface area contributed by atoms with E-state index in [0.717, 1.165) is 36.5 Å². The second kappa shape index (κ2) is 7.28. The summed E-state index contributed by atoms with van der Waals surface area (Å²) >= 11 is 6.28. The van der Waals surface area contributed by atoms with Crippen LogP contribution in [0.15, 0.2) is 24.3 Å². The summed E-state index contributed by atoms with van der Waals surface area (Å²) in [7, 11) is 0. The minimum absolute atomic E-state index is 0.186. The third-order valence-corrected chi connectivity index (χ3v) is 4.88. The van der Waals surface area contributed by atoms with Crippen LogP contribution < -0.4 is 5.32 Å². The number of halogens is 1. The number of carbonyl (C=O) groups is 1. The van der Waals surface area contributed by atoms with Gasteiger partial charge in [-0.05, 0) is 30.9 Å². The van der Waals surface area contributed by atoms with Crippen LogP contribution in [0.2, 0.25) is 5.02 Å². The molecule has 4 heteroatoms. The van der Waals surface area contributed by atoms with Crippen molar-refractivity contribution < 1.29 is 4.79 Å². The Morgan fingerprint density at radius 3 is 2.81 bits per heavy atom. The fraction of sp³-hybridized carbons (Fsp3) is 0.588. The van der Waals surface area contributed by atoms with Crippen molar-refractivity contribution in [2.24, 2.45) is 5.92 Å². The number of benzene rings is 1. The van der Waals surface area contributed by atoms with Crippen molar-refractivity contribution in [1.29, 1.82) is 0 Å². The van der Waals surface area contributed by atoms with Gasteiger partial charge in [0, 0.05) is 37.1 Å². The van der Waals surface area contributed by atoms with E-state index in [4.69, 9.17) is 11.6 Å². The molecule has 1 saturated heterocycles. The molecule has 1 N–H and O–H groups in total. The number of rotatable bonds is 4. The second-order valence-corrected chi connectivity index (χ2v) is 6.35. The number of nitrogens with one attached hydrogen (secondary N) is 1. The van der Waals surface area contributed by atoms with E-state index in [-0.39, 0.29) is 11.9 Å². The van der Waals surface area contributed by atoms with E-state index in [1.54, 1.807) is 6.92 Å². The fourth-order valence-electron chi connectivity index (χ4n) is 3.19. The van der Waals surface area contributed by atoms with Gasteiger partial charge in [-0.25, -0.2) is 0 Å². The van der Waals surface area contributed by atoms with Crippen molar-refractivity contribution in [1.82, 2.24) is 10.2 Å². The van der Waals surface area contributed by atoms with E-state index in [1.807, 2.05) is 23.1 Å². The Morgan fingerprint density at radius 1 is 1.48 bits per heavy atom. The van der Waals surface area contributed by atoms with E-state index >= 15 is 0 Å². The van der Waals surface area contributed by atoms with Crippen LogP contribution >= 0.6 is 11.6 Å². The van der Waals surface area contributed by atoms with Gasteiger partial charge in [0.15, 0.2) is 0 Å². The zero-order chi connectivity index (χ0) is 15.4. The molecule has 0 radical (unpaired) electrons. The Kier molecular flexibility index (Phi) is 5.65. The van der Waals surface area contributed by atoms with Crippen LogP contribution in [-0.2, 0) is 4.79 Å². The highest BCUT2D eigenvalue weighted by molar-refractivity contribution is 6.31. The average molecular weight is 309 g/mol. The highest BCUT2D eigenvalue weighted by Crippen LogP contribution is 2.26. The van der Waals surface area contributed by atoms with Gasteiger partial charge in [-0.1, -0.05) is 43.1 Å². The SMILES string of the molecule is CC[C@@H]1CN(C(C)=O)CC[C@H]1N[C@@H](C)c1ccccc1Cl. The number of nitrogens with zero attached hydrogens (tertiary/aromatic N) is 1. The van der Waals surface area contributed by atoms with Crippen molar-refractivity contribution >= 4 is 17.5 Å². The van der Waals surface area contributed by atoms with Gasteiger partial charge in [-0.15, -0.1) is 0 Å². The van der Waals surface area contributed by atoms with Gasteiger partial charge in [0.1, 0.15) is 0 Å². The standard InChI is InChI=1S/C17H25ClN2O/c1-4-14-11-20(13(3)21)10-9-17(14)19-12(2)15-7-5-6-8-16(15)18/h5-8,12,14,17,19H,4,9-11H2,1-3H3/t12-,14+,17+/m0/s1. The summed E-state index contributed by atoms with van der Waals surface area (Å²) in [4.78, 5) is 13.5. The summed E-state index contributed by atoms with van der Waals surface area (Å²) in [5.74, 6) is 0.693. The number of hydrogen-bond acceptors (Lipinski definition) is 2. The first-order valence-corrected chi connectivity index (χ1v) is 8.16. The number of piperidine rings is 1. The van der Waals surface area contributed by atoms with E-state index in [9.17, 15) is 4.79 Å². The Labute approximate surface area is 132 Å². The predicted octanol–water partition coefficient (Wildman–Crippen LogP) is 3.64. The van der Waals surface area contributed by atoms with E-state index in [1.165, 1.54) is 0 Å². The molecule has 0 aromatic heterocycles. The second-order valence-electron chi connectivity index (χ2n) is 5.94. The summed E-state index contributed by atoms with van der Waals surface area (Å²) in [6, 6.07) is 8.66. The summed E-state index contributed by atoms with van der Waals surface area (Å²) in [5.41, 5.74) is 1.14. The van der Waals surface area contributed by atoms with Crippen LogP contribution in [0.1, 0.15) is 45.2 Å². The van der Waals surface area contributed by atoms with Crippen molar-refractivity contribution in [2.45, 2.75) is 45.7 Å². The van der Waals surface area contributed by atoms with Crippen LogP contribution in [0.25, 0.3) is 0 Å². The molecular weight excluding hydrogens is 284 g/mol. The van der Waals surface area contributed by atoms with Crippen LogP contribution in [0, 0.1) is 5.92 Å². The van der Waals surface area contributed by atoms with Crippen LogP contribution in [0.4, 0.5) is 0 Å². The maximum Gasteiger partial charge on any atom is 0.219 e. The largest absolute Gasteiger partial charge is 0.343 e. The molecule has 3 nitrogen and oxygen atoms in total. The molecule has 1 aromatic rings. The molecule has 1 amide bonds. The van der Waals surface area contributed by atoms with Gasteiger partial charge in [0.25, 0.3) is 0 Å². The van der Waals surface area contributed by atoms with Gasteiger partial charge in [0.2, 0.25) is 5.91 Å². The lowest BCUT2D eigenvalue weighted by atomic mass is 9.89. The van der Waals surface area contributed by atoms with Gasteiger partial charge in [-0.2, -0.15) is 0 Å². The number of amides is 1.